The lowest BCUT2D eigenvalue weighted by Gasteiger charge is -2.42. The summed E-state index contributed by atoms with van der Waals surface area (Å²) in [5.41, 5.74) is 11.0. The highest BCUT2D eigenvalue weighted by atomic mass is 16.2. The van der Waals surface area contributed by atoms with E-state index in [4.69, 9.17) is 0 Å². The third kappa shape index (κ3) is 11.2. The van der Waals surface area contributed by atoms with E-state index in [1.165, 1.54) is 11.1 Å². The number of benzene rings is 4. The lowest BCUT2D eigenvalue weighted by molar-refractivity contribution is -0.130. The van der Waals surface area contributed by atoms with Crippen LogP contribution in [-0.4, -0.2) is 58.5 Å². The van der Waals surface area contributed by atoms with Crippen LogP contribution in [0.5, 0.6) is 0 Å². The molecule has 4 heterocycles. The monoisotopic (exact) mass is 810 g/mol. The van der Waals surface area contributed by atoms with E-state index in [0.29, 0.717) is 44.6 Å². The normalized spacial score (nSPS) is 15.6. The van der Waals surface area contributed by atoms with Gasteiger partial charge >= 0.3 is 0 Å². The Labute approximate surface area is 361 Å². The molecule has 0 unspecified atom stereocenters. The van der Waals surface area contributed by atoms with Crippen molar-refractivity contribution < 1.29 is 14.4 Å². The Morgan fingerprint density at radius 1 is 0.541 bits per heavy atom. The number of rotatable bonds is 12. The number of amides is 1. The molecule has 0 atom stereocenters. The van der Waals surface area contributed by atoms with E-state index in [1.807, 2.05) is 67.5 Å². The van der Waals surface area contributed by atoms with E-state index >= 15 is 0 Å². The number of ketones is 2. The minimum Gasteiger partial charge on any atom is -0.343 e. The van der Waals surface area contributed by atoms with Crippen LogP contribution in [0, 0.1) is 13.8 Å². The lowest BCUT2D eigenvalue weighted by atomic mass is 9.69. The molecule has 0 spiro atoms. The van der Waals surface area contributed by atoms with Crippen LogP contribution in [0.1, 0.15) is 79.1 Å². The molecule has 0 bridgehead atoms. The van der Waals surface area contributed by atoms with Gasteiger partial charge in [0.25, 0.3) is 0 Å². The maximum absolute atomic E-state index is 13.2. The molecule has 8 rings (SSSR count). The molecule has 1 amide bonds. The molecule has 1 N–H and O–H groups in total. The number of aryl methyl sites for hydroxylation is 2. The van der Waals surface area contributed by atoms with Crippen molar-refractivity contribution in [2.24, 2.45) is 0 Å². The molecule has 2 saturated heterocycles. The van der Waals surface area contributed by atoms with Crippen LogP contribution in [0.3, 0.4) is 0 Å². The van der Waals surface area contributed by atoms with E-state index in [2.05, 4.69) is 112 Å². The van der Waals surface area contributed by atoms with Gasteiger partial charge in [0.2, 0.25) is 5.91 Å². The molecule has 2 fully saturated rings. The predicted molar refractivity (Wildman–Crippen MR) is 245 cm³/mol. The summed E-state index contributed by atoms with van der Waals surface area (Å²) < 4.78 is 0. The molecule has 2 aromatic heterocycles. The number of piperidine rings is 2. The topological polar surface area (TPSA) is 92.3 Å². The van der Waals surface area contributed by atoms with Crippen LogP contribution in [0.15, 0.2) is 146 Å². The van der Waals surface area contributed by atoms with Gasteiger partial charge in [0.05, 0.1) is 0 Å². The van der Waals surface area contributed by atoms with Gasteiger partial charge in [0.1, 0.15) is 11.6 Å². The van der Waals surface area contributed by atoms with E-state index in [9.17, 15) is 14.4 Å². The van der Waals surface area contributed by atoms with Crippen molar-refractivity contribution in [1.29, 1.82) is 0 Å². The molecule has 4 aromatic carbocycles. The first-order chi connectivity index (χ1) is 29.6. The van der Waals surface area contributed by atoms with Crippen LogP contribution < -0.4 is 5.32 Å². The Kier molecular flexibility index (Phi) is 14.1. The number of aromatic nitrogens is 2. The van der Waals surface area contributed by atoms with Crippen molar-refractivity contribution in [2.75, 3.05) is 26.2 Å². The zero-order valence-electron chi connectivity index (χ0n) is 35.9. The molecular weight excluding hydrogens is 753 g/mol. The Hall–Kier alpha value is -6.05. The van der Waals surface area contributed by atoms with Gasteiger partial charge in [-0.3, -0.25) is 24.4 Å². The second kappa shape index (κ2) is 20.0. The fourth-order valence-electron chi connectivity index (χ4n) is 9.29. The molecular formula is C54H58N4O3. The van der Waals surface area contributed by atoms with E-state index < -0.39 is 0 Å². The van der Waals surface area contributed by atoms with Gasteiger partial charge in [-0.25, -0.2) is 0 Å². The number of hydrogen-bond donors (Lipinski definition) is 1. The molecule has 61 heavy (non-hydrogen) atoms. The van der Waals surface area contributed by atoms with Crippen molar-refractivity contribution in [3.63, 3.8) is 0 Å². The van der Waals surface area contributed by atoms with E-state index in [0.717, 1.165) is 83.5 Å². The highest BCUT2D eigenvalue weighted by Gasteiger charge is 2.39. The number of hydrogen-bond acceptors (Lipinski definition) is 6. The minimum absolute atomic E-state index is 0.0297. The summed E-state index contributed by atoms with van der Waals surface area (Å²) in [6.07, 6.45) is 9.39. The standard InChI is InChI=1S/C28H30N2O2.C26H28N2O/c1-21-18-25(12-15-29-21)24-10-8-23(9-11-24)19-27(32)20-28(26-6-4-3-5-7-26)13-16-30(17-14-28)22(2)31;1-20-17-23(11-14-28-20)22-9-7-21(8-10-22)18-25(29)19-26(12-15-27-16-13-26)24-5-3-2-4-6-24/h3-12,15,18H,13-14,16-17,19-20H2,1-2H3;2-11,14,17,27H,12-13,15-16,18-19H2,1H3. The molecule has 2 aliphatic heterocycles. The summed E-state index contributed by atoms with van der Waals surface area (Å²) in [6.45, 7) is 8.97. The molecule has 0 saturated carbocycles. The Bertz CT molecular complexity index is 2380. The number of nitrogens with zero attached hydrogens (tertiary/aromatic N) is 3. The lowest BCUT2D eigenvalue weighted by Crippen LogP contribution is -2.45. The Morgan fingerprint density at radius 3 is 1.34 bits per heavy atom. The van der Waals surface area contributed by atoms with Crippen molar-refractivity contribution in [3.05, 3.63) is 179 Å². The SMILES string of the molecule is CC(=O)N1CCC(CC(=O)Cc2ccc(-c3ccnc(C)c3)cc2)(c2ccccc2)CC1.Cc1cc(-c2ccc(CC(=O)CC3(c4ccccc4)CCNCC3)cc2)ccn1. The highest BCUT2D eigenvalue weighted by molar-refractivity contribution is 5.83. The summed E-state index contributed by atoms with van der Waals surface area (Å²) in [6, 6.07) is 45.8. The zero-order valence-corrected chi connectivity index (χ0v) is 35.9. The van der Waals surface area contributed by atoms with Crippen LogP contribution in [0.2, 0.25) is 0 Å². The molecule has 6 aromatic rings. The largest absolute Gasteiger partial charge is 0.343 e. The fourth-order valence-corrected chi connectivity index (χ4v) is 9.29. The first-order valence-corrected chi connectivity index (χ1v) is 21.7. The summed E-state index contributed by atoms with van der Waals surface area (Å²) in [7, 11) is 0. The molecule has 7 heteroatoms. The number of nitrogens with one attached hydrogen (secondary N) is 1. The van der Waals surface area contributed by atoms with Crippen LogP contribution in [0.4, 0.5) is 0 Å². The smallest absolute Gasteiger partial charge is 0.219 e. The van der Waals surface area contributed by atoms with Crippen LogP contribution in [-0.2, 0) is 38.1 Å². The van der Waals surface area contributed by atoms with Gasteiger partial charge in [-0.15, -0.1) is 0 Å². The highest BCUT2D eigenvalue weighted by Crippen LogP contribution is 2.40. The molecule has 7 nitrogen and oxygen atoms in total. The number of carbonyl (C=O) groups is 3. The summed E-state index contributed by atoms with van der Waals surface area (Å²) >= 11 is 0. The van der Waals surface area contributed by atoms with Crippen LogP contribution in [0.25, 0.3) is 22.3 Å². The number of carbonyl (C=O) groups excluding carboxylic acids is 3. The molecule has 0 aliphatic carbocycles. The molecule has 312 valence electrons. The van der Waals surface area contributed by atoms with Gasteiger partial charge in [-0.1, -0.05) is 109 Å². The van der Waals surface area contributed by atoms with Gasteiger partial charge in [0, 0.05) is 80.3 Å². The van der Waals surface area contributed by atoms with Gasteiger partial charge < -0.3 is 10.2 Å². The van der Waals surface area contributed by atoms with Crippen molar-refractivity contribution in [3.8, 4) is 22.3 Å². The maximum Gasteiger partial charge on any atom is 0.219 e. The van der Waals surface area contributed by atoms with Crippen molar-refractivity contribution in [2.45, 2.75) is 83.0 Å². The van der Waals surface area contributed by atoms with Gasteiger partial charge in [0.15, 0.2) is 0 Å². The number of pyridine rings is 2. The summed E-state index contributed by atoms with van der Waals surface area (Å²) in [5, 5.41) is 3.44. The Morgan fingerprint density at radius 2 is 0.951 bits per heavy atom. The first-order valence-electron chi connectivity index (χ1n) is 21.7. The third-order valence-electron chi connectivity index (χ3n) is 12.7. The average Bonchev–Trinajstić information content (AvgIpc) is 3.28. The van der Waals surface area contributed by atoms with Gasteiger partial charge in [-0.2, -0.15) is 0 Å². The van der Waals surface area contributed by atoms with Crippen molar-refractivity contribution in [1.82, 2.24) is 20.2 Å². The fraction of sp³-hybridized carbons (Fsp3) is 0.315. The third-order valence-corrected chi connectivity index (χ3v) is 12.7. The van der Waals surface area contributed by atoms with E-state index in [1.54, 1.807) is 6.92 Å². The molecule has 0 radical (unpaired) electrons. The zero-order chi connectivity index (χ0) is 42.7. The van der Waals surface area contributed by atoms with Gasteiger partial charge in [-0.05, 0) is 121 Å². The second-order valence-electron chi connectivity index (χ2n) is 17.1. The summed E-state index contributed by atoms with van der Waals surface area (Å²) in [5.74, 6) is 0.684. The quantitative estimate of drug-likeness (QED) is 0.132. The van der Waals surface area contributed by atoms with E-state index in [-0.39, 0.29) is 22.5 Å². The maximum atomic E-state index is 13.2. The Balaban J connectivity index is 0.000000185. The summed E-state index contributed by atoms with van der Waals surface area (Å²) in [4.78, 5) is 48.4. The minimum atomic E-state index is -0.196. The number of Topliss-reactive ketones (excluding diaryl/α,β-unsaturated/α-hetero) is 2. The number of likely N-dealkylation sites (tertiary alicyclic amines) is 1. The second-order valence-corrected chi connectivity index (χ2v) is 17.1. The van der Waals surface area contributed by atoms with Crippen LogP contribution >= 0.6 is 0 Å². The van der Waals surface area contributed by atoms with Crippen molar-refractivity contribution >= 4 is 17.5 Å². The predicted octanol–water partition coefficient (Wildman–Crippen LogP) is 10.0. The molecule has 2 aliphatic rings. The first kappa shape index (κ1) is 43.1. The average molecular weight is 811 g/mol.